The molecule has 0 aliphatic rings. The molecule has 108 valence electrons. The highest BCUT2D eigenvalue weighted by atomic mass is 19.3. The molecule has 0 spiro atoms. The molecule has 19 heavy (non-hydrogen) atoms. The molecule has 4 heteroatoms. The molecule has 0 aromatic heterocycles. The standard InChI is InChI=1S/C15H22F2O2/c1-9-10(2)15(19)12(11(3)14(9)18)7-5-4-6-8-13(16)17/h13,18-19H,4-8H2,1-3H3. The number of unbranched alkanes of at least 4 members (excludes halogenated alkanes) is 2. The summed E-state index contributed by atoms with van der Waals surface area (Å²) in [4.78, 5) is 0. The number of alkyl halides is 2. The second-order valence-corrected chi connectivity index (χ2v) is 5.04. The highest BCUT2D eigenvalue weighted by Crippen LogP contribution is 2.36. The smallest absolute Gasteiger partial charge is 0.238 e. The van der Waals surface area contributed by atoms with Gasteiger partial charge in [-0.2, -0.15) is 0 Å². The van der Waals surface area contributed by atoms with Crippen LogP contribution in [0.25, 0.3) is 0 Å². The molecule has 2 nitrogen and oxygen atoms in total. The fraction of sp³-hybridized carbons (Fsp3) is 0.600. The molecule has 0 aliphatic carbocycles. The van der Waals surface area contributed by atoms with Crippen molar-refractivity contribution in [3.8, 4) is 11.5 Å². The van der Waals surface area contributed by atoms with Crippen LogP contribution in [0.15, 0.2) is 0 Å². The highest BCUT2D eigenvalue weighted by molar-refractivity contribution is 5.56. The average molecular weight is 272 g/mol. The minimum atomic E-state index is -2.24. The maximum atomic E-state index is 12.0. The lowest BCUT2D eigenvalue weighted by Gasteiger charge is -2.15. The summed E-state index contributed by atoms with van der Waals surface area (Å²) in [6, 6.07) is 0. The predicted molar refractivity (Wildman–Crippen MR) is 72.2 cm³/mol. The fourth-order valence-corrected chi connectivity index (χ4v) is 2.27. The average Bonchev–Trinajstić information content (AvgIpc) is 2.37. The minimum Gasteiger partial charge on any atom is -0.507 e. The maximum absolute atomic E-state index is 12.0. The van der Waals surface area contributed by atoms with Crippen molar-refractivity contribution in [2.24, 2.45) is 0 Å². The van der Waals surface area contributed by atoms with E-state index in [4.69, 9.17) is 0 Å². The van der Waals surface area contributed by atoms with Gasteiger partial charge in [0.2, 0.25) is 6.43 Å². The topological polar surface area (TPSA) is 40.5 Å². The third-order valence-electron chi connectivity index (χ3n) is 3.72. The Morgan fingerprint density at radius 3 is 2.00 bits per heavy atom. The summed E-state index contributed by atoms with van der Waals surface area (Å²) in [5.41, 5.74) is 2.80. The molecule has 1 rings (SSSR count). The lowest BCUT2D eigenvalue weighted by Crippen LogP contribution is -1.97. The summed E-state index contributed by atoms with van der Waals surface area (Å²) in [7, 11) is 0. The van der Waals surface area contributed by atoms with Gasteiger partial charge in [-0.15, -0.1) is 0 Å². The van der Waals surface area contributed by atoms with Crippen LogP contribution < -0.4 is 0 Å². The highest BCUT2D eigenvalue weighted by Gasteiger charge is 2.15. The summed E-state index contributed by atoms with van der Waals surface area (Å²) in [5, 5.41) is 20.1. The fourth-order valence-electron chi connectivity index (χ4n) is 2.27. The largest absolute Gasteiger partial charge is 0.507 e. The molecule has 2 N–H and O–H groups in total. The summed E-state index contributed by atoms with van der Waals surface area (Å²) in [6.07, 6.45) is 0.244. The Balaban J connectivity index is 2.69. The van der Waals surface area contributed by atoms with E-state index < -0.39 is 6.43 Å². The Morgan fingerprint density at radius 1 is 0.842 bits per heavy atom. The number of hydrogen-bond donors (Lipinski definition) is 2. The molecule has 0 radical (unpaired) electrons. The number of phenols is 2. The van der Waals surface area contributed by atoms with Gasteiger partial charge in [-0.05, 0) is 56.7 Å². The second-order valence-electron chi connectivity index (χ2n) is 5.04. The third-order valence-corrected chi connectivity index (χ3v) is 3.72. The van der Waals surface area contributed by atoms with Crippen molar-refractivity contribution in [1.82, 2.24) is 0 Å². The zero-order valence-corrected chi connectivity index (χ0v) is 11.8. The molecule has 0 unspecified atom stereocenters. The molecule has 0 bridgehead atoms. The normalized spacial score (nSPS) is 11.3. The Bertz CT molecular complexity index is 413. The number of phenolic OH excluding ortho intramolecular Hbond substituents is 2. The number of rotatable bonds is 6. The van der Waals surface area contributed by atoms with Gasteiger partial charge in [-0.1, -0.05) is 6.42 Å². The van der Waals surface area contributed by atoms with Crippen molar-refractivity contribution in [3.63, 3.8) is 0 Å². The van der Waals surface area contributed by atoms with E-state index in [0.717, 1.165) is 12.0 Å². The molecule has 0 saturated carbocycles. The molecule has 0 saturated heterocycles. The zero-order chi connectivity index (χ0) is 14.6. The van der Waals surface area contributed by atoms with Gasteiger partial charge in [0.25, 0.3) is 0 Å². The van der Waals surface area contributed by atoms with Crippen LogP contribution in [0.2, 0.25) is 0 Å². The van der Waals surface area contributed by atoms with E-state index in [9.17, 15) is 19.0 Å². The van der Waals surface area contributed by atoms with Crippen LogP contribution in [0.5, 0.6) is 11.5 Å². The lowest BCUT2D eigenvalue weighted by atomic mass is 9.94. The molecular formula is C15H22F2O2. The van der Waals surface area contributed by atoms with Crippen molar-refractivity contribution >= 4 is 0 Å². The van der Waals surface area contributed by atoms with Gasteiger partial charge in [0.1, 0.15) is 11.5 Å². The third kappa shape index (κ3) is 3.82. The van der Waals surface area contributed by atoms with Crippen LogP contribution in [-0.4, -0.2) is 16.6 Å². The molecule has 0 fully saturated rings. The van der Waals surface area contributed by atoms with E-state index in [1.165, 1.54) is 0 Å². The number of aromatic hydroxyl groups is 2. The van der Waals surface area contributed by atoms with Crippen molar-refractivity contribution in [3.05, 3.63) is 22.3 Å². The lowest BCUT2D eigenvalue weighted by molar-refractivity contribution is 0.134. The van der Waals surface area contributed by atoms with Crippen LogP contribution in [0, 0.1) is 20.8 Å². The molecule has 0 amide bonds. The van der Waals surface area contributed by atoms with Crippen molar-refractivity contribution in [2.45, 2.75) is 59.3 Å². The van der Waals surface area contributed by atoms with Gasteiger partial charge in [0.15, 0.2) is 0 Å². The van der Waals surface area contributed by atoms with Crippen molar-refractivity contribution in [2.75, 3.05) is 0 Å². The quantitative estimate of drug-likeness (QED) is 0.595. The van der Waals surface area contributed by atoms with Gasteiger partial charge in [-0.3, -0.25) is 0 Å². The first-order chi connectivity index (χ1) is 8.86. The molecule has 0 heterocycles. The first kappa shape index (κ1) is 15.7. The van der Waals surface area contributed by atoms with Crippen LogP contribution in [0.1, 0.15) is 47.9 Å². The summed E-state index contributed by atoms with van der Waals surface area (Å²) in [6.45, 7) is 5.31. The van der Waals surface area contributed by atoms with Crippen LogP contribution in [0.4, 0.5) is 8.78 Å². The van der Waals surface area contributed by atoms with E-state index in [-0.39, 0.29) is 17.9 Å². The van der Waals surface area contributed by atoms with Gasteiger partial charge in [0, 0.05) is 12.0 Å². The zero-order valence-electron chi connectivity index (χ0n) is 11.8. The molecule has 0 aliphatic heterocycles. The SMILES string of the molecule is Cc1c(C)c(O)c(CCCCCC(F)F)c(C)c1O. The number of hydrogen-bond acceptors (Lipinski definition) is 2. The van der Waals surface area contributed by atoms with Gasteiger partial charge < -0.3 is 10.2 Å². The van der Waals surface area contributed by atoms with Crippen LogP contribution in [0.3, 0.4) is 0 Å². The van der Waals surface area contributed by atoms with Crippen molar-refractivity contribution < 1.29 is 19.0 Å². The van der Waals surface area contributed by atoms with Crippen molar-refractivity contribution in [1.29, 1.82) is 0 Å². The minimum absolute atomic E-state index is 0.0663. The van der Waals surface area contributed by atoms with E-state index in [0.29, 0.717) is 36.0 Å². The first-order valence-electron chi connectivity index (χ1n) is 6.65. The Hall–Kier alpha value is -1.32. The number of benzene rings is 1. The monoisotopic (exact) mass is 272 g/mol. The maximum Gasteiger partial charge on any atom is 0.238 e. The van der Waals surface area contributed by atoms with E-state index in [1.54, 1.807) is 20.8 Å². The summed E-state index contributed by atoms with van der Waals surface area (Å²) in [5.74, 6) is 0.444. The Kier molecular flexibility index (Phi) is 5.58. The van der Waals surface area contributed by atoms with E-state index >= 15 is 0 Å². The van der Waals surface area contributed by atoms with Gasteiger partial charge in [-0.25, -0.2) is 8.78 Å². The van der Waals surface area contributed by atoms with E-state index in [2.05, 4.69) is 0 Å². The summed E-state index contributed by atoms with van der Waals surface area (Å²) >= 11 is 0. The second kappa shape index (κ2) is 6.73. The first-order valence-corrected chi connectivity index (χ1v) is 6.65. The molecule has 1 aromatic rings. The van der Waals surface area contributed by atoms with Crippen LogP contribution >= 0.6 is 0 Å². The van der Waals surface area contributed by atoms with Gasteiger partial charge in [0.05, 0.1) is 0 Å². The Labute approximate surface area is 113 Å². The van der Waals surface area contributed by atoms with Crippen LogP contribution in [-0.2, 0) is 6.42 Å². The molecule has 0 atom stereocenters. The molecular weight excluding hydrogens is 250 g/mol. The number of halogens is 2. The Morgan fingerprint density at radius 2 is 1.42 bits per heavy atom. The summed E-state index contributed by atoms with van der Waals surface area (Å²) < 4.78 is 24.0. The van der Waals surface area contributed by atoms with E-state index in [1.807, 2.05) is 0 Å². The van der Waals surface area contributed by atoms with Gasteiger partial charge >= 0.3 is 0 Å². The molecule has 1 aromatic carbocycles. The predicted octanol–water partition coefficient (Wildman–Crippen LogP) is 4.39.